The van der Waals surface area contributed by atoms with Crippen LogP contribution < -0.4 is 14.4 Å². The van der Waals surface area contributed by atoms with E-state index in [1.807, 2.05) is 6.26 Å². The highest BCUT2D eigenvalue weighted by Crippen LogP contribution is 2.24. The Kier molecular flexibility index (Phi) is 7.23. The Morgan fingerprint density at radius 2 is 2.00 bits per heavy atom. The number of benzene rings is 1. The molecule has 0 saturated heterocycles. The molecule has 0 spiro atoms. The van der Waals surface area contributed by atoms with Crippen LogP contribution in [0.1, 0.15) is 12.8 Å². The summed E-state index contributed by atoms with van der Waals surface area (Å²) in [4.78, 5) is 12.0. The van der Waals surface area contributed by atoms with Gasteiger partial charge in [0.15, 0.2) is 4.34 Å². The average molecular weight is 417 g/mol. The van der Waals surface area contributed by atoms with Crippen LogP contribution in [-0.4, -0.2) is 50.7 Å². The molecule has 1 aromatic carbocycles. The molecular weight excluding hydrogens is 396 g/mol. The zero-order valence-electron chi connectivity index (χ0n) is 14.6. The van der Waals surface area contributed by atoms with E-state index in [1.165, 1.54) is 27.4 Å². The molecule has 0 unspecified atom stereocenters. The molecule has 0 aliphatic heterocycles. The first-order chi connectivity index (χ1) is 12.3. The van der Waals surface area contributed by atoms with Crippen molar-refractivity contribution in [3.8, 4) is 5.75 Å². The smallest absolute Gasteiger partial charge is 0.232 e. The van der Waals surface area contributed by atoms with Crippen LogP contribution in [0.2, 0.25) is 0 Å². The topological polar surface area (TPSA) is 101 Å². The van der Waals surface area contributed by atoms with Crippen molar-refractivity contribution in [1.29, 1.82) is 0 Å². The Hall–Kier alpha value is -1.85. The molecule has 26 heavy (non-hydrogen) atoms. The molecule has 1 amide bonds. The number of carbonyl (C=O) groups excluding carboxylic acids is 1. The van der Waals surface area contributed by atoms with Gasteiger partial charge in [-0.1, -0.05) is 23.1 Å². The molecule has 1 heterocycles. The van der Waals surface area contributed by atoms with Gasteiger partial charge in [0.05, 0.1) is 19.1 Å². The van der Waals surface area contributed by atoms with E-state index < -0.39 is 10.0 Å². The van der Waals surface area contributed by atoms with Gasteiger partial charge in [-0.05, 0) is 36.9 Å². The fraction of sp³-hybridized carbons (Fsp3) is 0.400. The van der Waals surface area contributed by atoms with Crippen molar-refractivity contribution >= 4 is 49.8 Å². The van der Waals surface area contributed by atoms with Crippen LogP contribution in [0.3, 0.4) is 0 Å². The molecule has 8 nitrogen and oxygen atoms in total. The summed E-state index contributed by atoms with van der Waals surface area (Å²) in [5.41, 5.74) is 0.530. The quantitative estimate of drug-likeness (QED) is 0.495. The number of aromatic nitrogens is 2. The summed E-state index contributed by atoms with van der Waals surface area (Å²) in [6.07, 6.45) is 3.57. The van der Waals surface area contributed by atoms with Gasteiger partial charge in [-0.25, -0.2) is 8.42 Å². The van der Waals surface area contributed by atoms with E-state index in [0.717, 1.165) is 10.6 Å². The van der Waals surface area contributed by atoms with Crippen molar-refractivity contribution in [3.05, 3.63) is 24.3 Å². The maximum Gasteiger partial charge on any atom is 0.232 e. The van der Waals surface area contributed by atoms with Gasteiger partial charge in [-0.3, -0.25) is 9.10 Å². The fourth-order valence-electron chi connectivity index (χ4n) is 2.14. The highest BCUT2D eigenvalue weighted by atomic mass is 32.2. The number of ether oxygens (including phenoxy) is 1. The Morgan fingerprint density at radius 1 is 1.31 bits per heavy atom. The standard InChI is InChI=1S/C15H20N4O4S3/c1-23-12-8-6-11(7-9-12)19(26(3,21)22)10-4-5-13(20)16-14-17-18-15(24-2)25-14/h6-9H,4-5,10H2,1-3H3,(H,16,17,20). The normalized spacial score (nSPS) is 11.2. The number of nitrogens with one attached hydrogen (secondary N) is 1. The maximum atomic E-state index is 12.1. The second-order valence-electron chi connectivity index (χ2n) is 5.26. The van der Waals surface area contributed by atoms with Crippen molar-refractivity contribution in [2.24, 2.45) is 0 Å². The van der Waals surface area contributed by atoms with Crippen LogP contribution >= 0.6 is 23.1 Å². The van der Waals surface area contributed by atoms with Crippen molar-refractivity contribution in [2.75, 3.05) is 35.8 Å². The van der Waals surface area contributed by atoms with Gasteiger partial charge < -0.3 is 10.1 Å². The van der Waals surface area contributed by atoms with Gasteiger partial charge in [-0.15, -0.1) is 10.2 Å². The van der Waals surface area contributed by atoms with Crippen LogP contribution in [-0.2, 0) is 14.8 Å². The van der Waals surface area contributed by atoms with E-state index in [4.69, 9.17) is 4.74 Å². The minimum Gasteiger partial charge on any atom is -0.497 e. The molecule has 0 bridgehead atoms. The van der Waals surface area contributed by atoms with Gasteiger partial charge in [0.2, 0.25) is 21.1 Å². The molecule has 0 radical (unpaired) electrons. The molecule has 0 fully saturated rings. The van der Waals surface area contributed by atoms with E-state index in [2.05, 4.69) is 15.5 Å². The summed E-state index contributed by atoms with van der Waals surface area (Å²) in [5.74, 6) is 0.417. The van der Waals surface area contributed by atoms with Crippen molar-refractivity contribution in [1.82, 2.24) is 10.2 Å². The molecule has 0 saturated carbocycles. The fourth-order valence-corrected chi connectivity index (χ4v) is 4.29. The second-order valence-corrected chi connectivity index (χ2v) is 9.20. The summed E-state index contributed by atoms with van der Waals surface area (Å²) in [7, 11) is -1.91. The van der Waals surface area contributed by atoms with Crippen LogP contribution in [0.15, 0.2) is 28.6 Å². The van der Waals surface area contributed by atoms with Crippen LogP contribution in [0.4, 0.5) is 10.8 Å². The monoisotopic (exact) mass is 416 g/mol. The van der Waals surface area contributed by atoms with E-state index in [-0.39, 0.29) is 18.9 Å². The average Bonchev–Trinajstić information content (AvgIpc) is 3.05. The van der Waals surface area contributed by atoms with Crippen LogP contribution in [0.5, 0.6) is 5.75 Å². The number of nitrogens with zero attached hydrogens (tertiary/aromatic N) is 3. The van der Waals surface area contributed by atoms with Gasteiger partial charge in [0, 0.05) is 13.0 Å². The Bertz CT molecular complexity index is 837. The number of sulfonamides is 1. The molecule has 1 N–H and O–H groups in total. The van der Waals surface area contributed by atoms with Crippen molar-refractivity contribution < 1.29 is 17.9 Å². The van der Waals surface area contributed by atoms with E-state index in [1.54, 1.807) is 31.4 Å². The first-order valence-corrected chi connectivity index (χ1v) is 11.5. The molecule has 142 valence electrons. The lowest BCUT2D eigenvalue weighted by molar-refractivity contribution is -0.116. The Morgan fingerprint density at radius 3 is 2.54 bits per heavy atom. The number of amides is 1. The molecule has 0 atom stereocenters. The predicted molar refractivity (Wildman–Crippen MR) is 105 cm³/mol. The second kappa shape index (κ2) is 9.19. The molecule has 2 rings (SSSR count). The largest absolute Gasteiger partial charge is 0.497 e. The molecule has 1 aromatic heterocycles. The van der Waals surface area contributed by atoms with Crippen LogP contribution in [0.25, 0.3) is 0 Å². The van der Waals surface area contributed by atoms with Crippen LogP contribution in [0, 0.1) is 0 Å². The number of rotatable bonds is 9. The van der Waals surface area contributed by atoms with Crippen molar-refractivity contribution in [2.45, 2.75) is 17.2 Å². The first kappa shape index (κ1) is 20.5. The third-order valence-electron chi connectivity index (χ3n) is 3.35. The summed E-state index contributed by atoms with van der Waals surface area (Å²) in [6.45, 7) is 0.199. The van der Waals surface area contributed by atoms with Gasteiger partial charge in [0.25, 0.3) is 0 Å². The molecule has 0 aliphatic carbocycles. The number of carbonyl (C=O) groups is 1. The SMILES string of the molecule is COc1ccc(N(CCCC(=O)Nc2nnc(SC)s2)S(C)(=O)=O)cc1. The summed E-state index contributed by atoms with van der Waals surface area (Å²) in [5, 5.41) is 10.9. The lowest BCUT2D eigenvalue weighted by Crippen LogP contribution is -2.31. The highest BCUT2D eigenvalue weighted by Gasteiger charge is 2.18. The van der Waals surface area contributed by atoms with E-state index in [9.17, 15) is 13.2 Å². The molecule has 11 heteroatoms. The highest BCUT2D eigenvalue weighted by molar-refractivity contribution is 8.00. The van der Waals surface area contributed by atoms with E-state index >= 15 is 0 Å². The maximum absolute atomic E-state index is 12.1. The zero-order valence-corrected chi connectivity index (χ0v) is 17.1. The molecule has 0 aliphatic rings. The van der Waals surface area contributed by atoms with Gasteiger partial charge >= 0.3 is 0 Å². The third-order valence-corrected chi connectivity index (χ3v) is 6.36. The number of thioether (sulfide) groups is 1. The first-order valence-electron chi connectivity index (χ1n) is 7.62. The Labute approximate surface area is 161 Å². The lowest BCUT2D eigenvalue weighted by Gasteiger charge is -2.22. The minimum atomic E-state index is -3.46. The Balaban J connectivity index is 1.93. The minimum absolute atomic E-state index is 0.177. The zero-order chi connectivity index (χ0) is 19.2. The molecule has 2 aromatic rings. The number of hydrogen-bond acceptors (Lipinski definition) is 8. The van der Waals surface area contributed by atoms with Crippen molar-refractivity contribution in [3.63, 3.8) is 0 Å². The number of anilines is 2. The van der Waals surface area contributed by atoms with E-state index in [0.29, 0.717) is 23.0 Å². The predicted octanol–water partition coefficient (Wildman–Crippen LogP) is 2.45. The third kappa shape index (κ3) is 5.85. The number of hydrogen-bond donors (Lipinski definition) is 1. The van der Waals surface area contributed by atoms with Gasteiger partial charge in [-0.2, -0.15) is 0 Å². The lowest BCUT2D eigenvalue weighted by atomic mass is 10.2. The summed E-state index contributed by atoms with van der Waals surface area (Å²) < 4.78 is 31.3. The molecular formula is C15H20N4O4S3. The summed E-state index contributed by atoms with van der Waals surface area (Å²) in [6, 6.07) is 6.73. The van der Waals surface area contributed by atoms with Gasteiger partial charge in [0.1, 0.15) is 5.75 Å². The number of methoxy groups -OCH3 is 1. The summed E-state index contributed by atoms with van der Waals surface area (Å²) >= 11 is 2.75.